The number of nitrogens with one attached hydrogen (secondary N) is 4. The van der Waals surface area contributed by atoms with E-state index in [0.717, 1.165) is 6.42 Å². The number of aliphatic hydroxyl groups excluding tert-OH is 1. The number of phenolic OH excluding ortho intramolecular Hbond substituents is 1. The third-order valence-electron chi connectivity index (χ3n) is 5.46. The number of aliphatic hydroxyl groups is 1. The highest BCUT2D eigenvalue weighted by molar-refractivity contribution is 5.94. The summed E-state index contributed by atoms with van der Waals surface area (Å²) in [6, 6.07) is 1.22. The normalized spacial score (nSPS) is 17.6. The van der Waals surface area contributed by atoms with Gasteiger partial charge in [0.2, 0.25) is 17.7 Å². The third kappa shape index (κ3) is 8.87. The quantitative estimate of drug-likeness (QED) is 0.152. The van der Waals surface area contributed by atoms with Crippen LogP contribution in [0.15, 0.2) is 24.3 Å². The summed E-state index contributed by atoms with van der Waals surface area (Å²) in [5.41, 5.74) is 0.598. The molecule has 1 aliphatic rings. The first kappa shape index (κ1) is 27.5. The summed E-state index contributed by atoms with van der Waals surface area (Å²) < 4.78 is 0. The van der Waals surface area contributed by atoms with Crippen molar-refractivity contribution in [3.05, 3.63) is 29.8 Å². The van der Waals surface area contributed by atoms with Gasteiger partial charge in [-0.1, -0.05) is 12.1 Å². The first-order valence-electron chi connectivity index (χ1n) is 11.1. The molecule has 0 spiro atoms. The van der Waals surface area contributed by atoms with Gasteiger partial charge in [-0.2, -0.15) is 0 Å². The van der Waals surface area contributed by atoms with Gasteiger partial charge in [0.15, 0.2) is 0 Å². The van der Waals surface area contributed by atoms with E-state index in [1.165, 1.54) is 12.1 Å². The van der Waals surface area contributed by atoms with Crippen LogP contribution in [0.1, 0.15) is 31.2 Å². The van der Waals surface area contributed by atoms with Crippen molar-refractivity contribution < 1.29 is 44.4 Å². The monoisotopic (exact) mass is 494 g/mol. The largest absolute Gasteiger partial charge is 0.508 e. The molecule has 0 radical (unpaired) electrons. The number of aliphatic carboxylic acids is 2. The maximum absolute atomic E-state index is 13.1. The van der Waals surface area contributed by atoms with Crippen molar-refractivity contribution in [3.63, 3.8) is 0 Å². The number of rotatable bonds is 13. The first-order valence-corrected chi connectivity index (χ1v) is 11.1. The number of carboxylic acids is 2. The zero-order chi connectivity index (χ0) is 26.0. The van der Waals surface area contributed by atoms with E-state index < -0.39 is 66.9 Å². The predicted octanol–water partition coefficient (Wildman–Crippen LogP) is -1.92. The molecule has 1 aliphatic heterocycles. The van der Waals surface area contributed by atoms with Gasteiger partial charge >= 0.3 is 11.9 Å². The lowest BCUT2D eigenvalue weighted by molar-refractivity contribution is -0.144. The second kappa shape index (κ2) is 13.2. The molecule has 4 unspecified atom stereocenters. The fourth-order valence-corrected chi connectivity index (χ4v) is 3.52. The molecule has 13 heteroatoms. The molecule has 1 aromatic carbocycles. The van der Waals surface area contributed by atoms with Crippen molar-refractivity contribution in [1.29, 1.82) is 0 Å². The minimum Gasteiger partial charge on any atom is -0.508 e. The van der Waals surface area contributed by atoms with E-state index in [9.17, 15) is 29.1 Å². The molecule has 0 aromatic heterocycles. The summed E-state index contributed by atoms with van der Waals surface area (Å²) in [5, 5.41) is 46.8. The van der Waals surface area contributed by atoms with E-state index in [0.29, 0.717) is 18.5 Å². The van der Waals surface area contributed by atoms with Crippen LogP contribution in [0.3, 0.4) is 0 Å². The Balaban J connectivity index is 2.20. The molecule has 2 rings (SSSR count). The first-order chi connectivity index (χ1) is 16.6. The second-order valence-corrected chi connectivity index (χ2v) is 8.16. The topological polar surface area (TPSA) is 214 Å². The summed E-state index contributed by atoms with van der Waals surface area (Å²) in [6.45, 7) is -0.255. The van der Waals surface area contributed by atoms with Crippen molar-refractivity contribution in [3.8, 4) is 5.75 Å². The Labute approximate surface area is 200 Å². The van der Waals surface area contributed by atoms with Crippen LogP contribution in [-0.4, -0.2) is 87.4 Å². The fourth-order valence-electron chi connectivity index (χ4n) is 3.52. The molecule has 0 bridgehead atoms. The number of amides is 3. The van der Waals surface area contributed by atoms with E-state index >= 15 is 0 Å². The molecule has 1 fully saturated rings. The van der Waals surface area contributed by atoms with Gasteiger partial charge in [-0.25, -0.2) is 4.79 Å². The number of aromatic hydroxyl groups is 1. The molecule has 0 saturated carbocycles. The van der Waals surface area contributed by atoms with Crippen molar-refractivity contribution >= 4 is 29.7 Å². The van der Waals surface area contributed by atoms with E-state index in [1.807, 2.05) is 0 Å². The molecule has 192 valence electrons. The Morgan fingerprint density at radius 2 is 1.57 bits per heavy atom. The SMILES string of the molecule is O=C(O)CCC(NC(=O)C(Cc1ccc(O)cc1)NC(=O)C1CCCN1)C(=O)NC(CO)C(=O)O. The maximum atomic E-state index is 13.1. The average Bonchev–Trinajstić information content (AvgIpc) is 3.35. The molecule has 1 aromatic rings. The highest BCUT2D eigenvalue weighted by Gasteiger charge is 2.31. The number of carbonyl (C=O) groups is 5. The van der Waals surface area contributed by atoms with Crippen LogP contribution in [0.5, 0.6) is 5.75 Å². The summed E-state index contributed by atoms with van der Waals surface area (Å²) in [6.07, 6.45) is 0.526. The van der Waals surface area contributed by atoms with Gasteiger partial charge in [-0.3, -0.25) is 19.2 Å². The molecule has 13 nitrogen and oxygen atoms in total. The predicted molar refractivity (Wildman–Crippen MR) is 120 cm³/mol. The Morgan fingerprint density at radius 1 is 0.943 bits per heavy atom. The summed E-state index contributed by atoms with van der Waals surface area (Å²) in [5.74, 6) is -4.93. The summed E-state index contributed by atoms with van der Waals surface area (Å²) in [4.78, 5) is 60.5. The van der Waals surface area contributed by atoms with Crippen LogP contribution >= 0.6 is 0 Å². The van der Waals surface area contributed by atoms with E-state index in [1.54, 1.807) is 12.1 Å². The summed E-state index contributed by atoms with van der Waals surface area (Å²) >= 11 is 0. The van der Waals surface area contributed by atoms with Gasteiger partial charge in [-0.05, 0) is 43.5 Å². The Morgan fingerprint density at radius 3 is 2.11 bits per heavy atom. The zero-order valence-electron chi connectivity index (χ0n) is 18.9. The van der Waals surface area contributed by atoms with Gasteiger partial charge in [0.1, 0.15) is 23.9 Å². The van der Waals surface area contributed by atoms with Gasteiger partial charge in [-0.15, -0.1) is 0 Å². The zero-order valence-corrected chi connectivity index (χ0v) is 18.9. The highest BCUT2D eigenvalue weighted by atomic mass is 16.4. The Bertz CT molecular complexity index is 916. The maximum Gasteiger partial charge on any atom is 0.328 e. The molecule has 1 saturated heterocycles. The highest BCUT2D eigenvalue weighted by Crippen LogP contribution is 2.13. The van der Waals surface area contributed by atoms with Crippen LogP contribution in [0, 0.1) is 0 Å². The van der Waals surface area contributed by atoms with Crippen LogP contribution in [0.25, 0.3) is 0 Å². The van der Waals surface area contributed by atoms with Crippen molar-refractivity contribution in [2.24, 2.45) is 0 Å². The van der Waals surface area contributed by atoms with Gasteiger partial charge in [0.05, 0.1) is 12.6 Å². The number of carbonyl (C=O) groups excluding carboxylic acids is 3. The van der Waals surface area contributed by atoms with Crippen LogP contribution in [-0.2, 0) is 30.4 Å². The third-order valence-corrected chi connectivity index (χ3v) is 5.46. The van der Waals surface area contributed by atoms with Crippen LogP contribution in [0.2, 0.25) is 0 Å². The average molecular weight is 495 g/mol. The number of hydrogen-bond acceptors (Lipinski definition) is 8. The Kier molecular flexibility index (Phi) is 10.4. The van der Waals surface area contributed by atoms with Gasteiger partial charge in [0, 0.05) is 12.8 Å². The van der Waals surface area contributed by atoms with Gasteiger partial charge < -0.3 is 41.7 Å². The summed E-state index contributed by atoms with van der Waals surface area (Å²) in [7, 11) is 0. The van der Waals surface area contributed by atoms with E-state index in [2.05, 4.69) is 21.3 Å². The molecule has 4 atom stereocenters. The molecular formula is C22H30N4O9. The number of phenols is 1. The number of benzene rings is 1. The molecule has 1 heterocycles. The molecule has 0 aliphatic carbocycles. The molecule has 35 heavy (non-hydrogen) atoms. The minimum atomic E-state index is -1.65. The van der Waals surface area contributed by atoms with Crippen molar-refractivity contribution in [1.82, 2.24) is 21.3 Å². The lowest BCUT2D eigenvalue weighted by Gasteiger charge is -2.25. The second-order valence-electron chi connectivity index (χ2n) is 8.16. The minimum absolute atomic E-state index is 0.00618. The lowest BCUT2D eigenvalue weighted by atomic mass is 10.0. The molecule has 8 N–H and O–H groups in total. The number of carboxylic acid groups (broad SMARTS) is 2. The fraction of sp³-hybridized carbons (Fsp3) is 0.500. The standard InChI is InChI=1S/C22H30N4O9/c27-11-17(22(34)35)26-20(32)15(7-8-18(29)30)24-21(33)16(10-12-3-5-13(28)6-4-12)25-19(31)14-2-1-9-23-14/h3-6,14-17,23,27-28H,1-2,7-11H2,(H,24,33)(H,25,31)(H,26,32)(H,29,30)(H,34,35). The lowest BCUT2D eigenvalue weighted by Crippen LogP contribution is -2.58. The van der Waals surface area contributed by atoms with Crippen molar-refractivity contribution in [2.45, 2.75) is 56.3 Å². The van der Waals surface area contributed by atoms with Crippen LogP contribution in [0.4, 0.5) is 0 Å². The van der Waals surface area contributed by atoms with E-state index in [4.69, 9.17) is 15.3 Å². The van der Waals surface area contributed by atoms with Crippen molar-refractivity contribution in [2.75, 3.05) is 13.2 Å². The van der Waals surface area contributed by atoms with Gasteiger partial charge in [0.25, 0.3) is 0 Å². The van der Waals surface area contributed by atoms with Crippen LogP contribution < -0.4 is 21.3 Å². The number of hydrogen-bond donors (Lipinski definition) is 8. The molecule has 3 amide bonds. The Hall–Kier alpha value is -3.71. The molecular weight excluding hydrogens is 464 g/mol. The smallest absolute Gasteiger partial charge is 0.328 e. The van der Waals surface area contributed by atoms with E-state index in [-0.39, 0.29) is 18.6 Å².